The second kappa shape index (κ2) is 5.51. The zero-order chi connectivity index (χ0) is 15.7. The molecule has 7 heteroatoms. The Hall–Kier alpha value is -2.83. The molecule has 0 N–H and O–H groups in total. The number of aromatic nitrogens is 1. The molecule has 2 amide bonds. The van der Waals surface area contributed by atoms with Crippen molar-refractivity contribution < 1.29 is 18.7 Å². The molecule has 114 valence electrons. The van der Waals surface area contributed by atoms with Crippen LogP contribution in [-0.2, 0) is 11.3 Å². The van der Waals surface area contributed by atoms with Crippen LogP contribution < -0.4 is 9.64 Å². The Bertz CT molecular complexity index is 723. The van der Waals surface area contributed by atoms with Crippen LogP contribution in [0.5, 0.6) is 5.75 Å². The topological polar surface area (TPSA) is 75.9 Å². The fourth-order valence-corrected chi connectivity index (χ4v) is 2.15. The lowest BCUT2D eigenvalue weighted by atomic mass is 10.3. The van der Waals surface area contributed by atoms with Crippen molar-refractivity contribution >= 4 is 17.6 Å². The molecule has 22 heavy (non-hydrogen) atoms. The molecule has 0 atom stereocenters. The highest BCUT2D eigenvalue weighted by molar-refractivity contribution is 5.96. The van der Waals surface area contributed by atoms with Gasteiger partial charge in [-0.05, 0) is 24.3 Å². The van der Waals surface area contributed by atoms with Crippen molar-refractivity contribution in [3.05, 3.63) is 42.0 Å². The number of amides is 2. The first kappa shape index (κ1) is 14.1. The maximum atomic E-state index is 12.1. The van der Waals surface area contributed by atoms with Crippen LogP contribution in [0.2, 0.25) is 0 Å². The van der Waals surface area contributed by atoms with Crippen molar-refractivity contribution in [2.75, 3.05) is 25.6 Å². The highest BCUT2D eigenvalue weighted by Gasteiger charge is 2.27. The van der Waals surface area contributed by atoms with E-state index >= 15 is 0 Å². The summed E-state index contributed by atoms with van der Waals surface area (Å²) in [6.45, 7) is 0.163. The second-order valence-corrected chi connectivity index (χ2v) is 5.06. The molecule has 0 aromatic carbocycles. The smallest absolute Gasteiger partial charge is 0.289 e. The zero-order valence-corrected chi connectivity index (χ0v) is 12.3. The molecule has 0 radical (unpaired) electrons. The summed E-state index contributed by atoms with van der Waals surface area (Å²) >= 11 is 0. The fraction of sp³-hybridized carbons (Fsp3) is 0.267. The molecule has 2 aromatic heterocycles. The van der Waals surface area contributed by atoms with Crippen molar-refractivity contribution in [3.8, 4) is 5.75 Å². The summed E-state index contributed by atoms with van der Waals surface area (Å²) in [5.74, 6) is 1.33. The summed E-state index contributed by atoms with van der Waals surface area (Å²) < 4.78 is 10.9. The number of fused-ring (bicyclic) bond motifs is 1. The molecule has 2 aromatic rings. The predicted octanol–water partition coefficient (Wildman–Crippen LogP) is 1.30. The Morgan fingerprint density at radius 2 is 2.18 bits per heavy atom. The zero-order valence-electron chi connectivity index (χ0n) is 12.3. The molecule has 7 nitrogen and oxygen atoms in total. The van der Waals surface area contributed by atoms with Crippen LogP contribution in [0.3, 0.4) is 0 Å². The summed E-state index contributed by atoms with van der Waals surface area (Å²) in [6.07, 6.45) is 1.59. The van der Waals surface area contributed by atoms with E-state index in [4.69, 9.17) is 9.15 Å². The molecule has 1 aliphatic heterocycles. The molecular weight excluding hydrogens is 286 g/mol. The summed E-state index contributed by atoms with van der Waals surface area (Å²) in [6, 6.07) is 6.78. The minimum Gasteiger partial charge on any atom is -0.480 e. The van der Waals surface area contributed by atoms with Gasteiger partial charge in [-0.25, -0.2) is 4.98 Å². The highest BCUT2D eigenvalue weighted by Crippen LogP contribution is 2.30. The number of hydrogen-bond acceptors (Lipinski definition) is 5. The molecule has 3 rings (SSSR count). The van der Waals surface area contributed by atoms with Crippen molar-refractivity contribution in [1.29, 1.82) is 0 Å². The van der Waals surface area contributed by atoms with Crippen LogP contribution in [0.25, 0.3) is 0 Å². The van der Waals surface area contributed by atoms with Crippen LogP contribution in [0, 0.1) is 0 Å². The van der Waals surface area contributed by atoms with E-state index < -0.39 is 0 Å². The number of ether oxygens (including phenoxy) is 1. The molecule has 0 saturated heterocycles. The lowest BCUT2D eigenvalue weighted by Crippen LogP contribution is -2.38. The Morgan fingerprint density at radius 1 is 1.36 bits per heavy atom. The largest absolute Gasteiger partial charge is 0.480 e. The van der Waals surface area contributed by atoms with Gasteiger partial charge < -0.3 is 14.1 Å². The summed E-state index contributed by atoms with van der Waals surface area (Å²) in [5.41, 5.74) is 0. The van der Waals surface area contributed by atoms with E-state index in [-0.39, 0.29) is 30.7 Å². The molecule has 0 saturated carbocycles. The van der Waals surface area contributed by atoms with Gasteiger partial charge in [0.05, 0.1) is 6.54 Å². The minimum atomic E-state index is -0.224. The van der Waals surface area contributed by atoms with Gasteiger partial charge in [-0.3, -0.25) is 14.5 Å². The van der Waals surface area contributed by atoms with Gasteiger partial charge in [0, 0.05) is 20.3 Å². The summed E-state index contributed by atoms with van der Waals surface area (Å²) in [4.78, 5) is 31.0. The van der Waals surface area contributed by atoms with Crippen molar-refractivity contribution in [2.24, 2.45) is 0 Å². The number of carbonyl (C=O) groups excluding carboxylic acids is 2. The van der Waals surface area contributed by atoms with Crippen molar-refractivity contribution in [3.63, 3.8) is 0 Å². The van der Waals surface area contributed by atoms with Gasteiger partial charge in [0.2, 0.25) is 0 Å². The Kier molecular flexibility index (Phi) is 3.54. The quantitative estimate of drug-likeness (QED) is 0.854. The monoisotopic (exact) mass is 301 g/mol. The second-order valence-electron chi connectivity index (χ2n) is 5.06. The van der Waals surface area contributed by atoms with E-state index in [2.05, 4.69) is 4.98 Å². The van der Waals surface area contributed by atoms with Gasteiger partial charge in [0.1, 0.15) is 5.76 Å². The number of furan rings is 1. The van der Waals surface area contributed by atoms with Gasteiger partial charge in [0.25, 0.3) is 11.8 Å². The van der Waals surface area contributed by atoms with Gasteiger partial charge in [-0.15, -0.1) is 0 Å². The minimum absolute atomic E-state index is 0.0388. The summed E-state index contributed by atoms with van der Waals surface area (Å²) in [7, 11) is 3.30. The number of carbonyl (C=O) groups is 2. The average Bonchev–Trinajstić information content (AvgIpc) is 2.98. The molecular formula is C15H15N3O4. The van der Waals surface area contributed by atoms with E-state index in [9.17, 15) is 9.59 Å². The van der Waals surface area contributed by atoms with Crippen LogP contribution in [0.4, 0.5) is 5.82 Å². The van der Waals surface area contributed by atoms with E-state index in [1.807, 2.05) is 0 Å². The maximum Gasteiger partial charge on any atom is 0.289 e. The number of nitrogens with zero attached hydrogens (tertiary/aromatic N) is 3. The first-order valence-corrected chi connectivity index (χ1v) is 6.75. The van der Waals surface area contributed by atoms with Crippen molar-refractivity contribution in [1.82, 2.24) is 9.88 Å². The SMILES string of the molecule is CN(C)C(=O)c1ccc(CN2C(=O)COc3cccnc32)o1. The Balaban J connectivity index is 1.84. The van der Waals surface area contributed by atoms with Gasteiger partial charge >= 0.3 is 0 Å². The van der Waals surface area contributed by atoms with E-state index in [0.29, 0.717) is 17.3 Å². The van der Waals surface area contributed by atoms with Gasteiger partial charge in [-0.1, -0.05) is 0 Å². The first-order valence-electron chi connectivity index (χ1n) is 6.75. The number of hydrogen-bond donors (Lipinski definition) is 0. The van der Waals surface area contributed by atoms with Gasteiger partial charge in [-0.2, -0.15) is 0 Å². The third-order valence-electron chi connectivity index (χ3n) is 3.25. The highest BCUT2D eigenvalue weighted by atomic mass is 16.5. The molecule has 0 fully saturated rings. The molecule has 0 aliphatic carbocycles. The Morgan fingerprint density at radius 3 is 2.95 bits per heavy atom. The van der Waals surface area contributed by atoms with Crippen LogP contribution in [0.1, 0.15) is 16.3 Å². The van der Waals surface area contributed by atoms with Crippen molar-refractivity contribution in [2.45, 2.75) is 6.54 Å². The lowest BCUT2D eigenvalue weighted by molar-refractivity contribution is -0.121. The van der Waals surface area contributed by atoms with Gasteiger partial charge in [0.15, 0.2) is 23.9 Å². The normalized spacial score (nSPS) is 13.5. The first-order chi connectivity index (χ1) is 10.6. The third kappa shape index (κ3) is 2.52. The molecule has 1 aliphatic rings. The predicted molar refractivity (Wildman–Crippen MR) is 77.6 cm³/mol. The Labute approximate surface area is 127 Å². The molecule has 3 heterocycles. The molecule has 0 unspecified atom stereocenters. The van der Waals surface area contributed by atoms with E-state index in [1.54, 1.807) is 44.6 Å². The lowest BCUT2D eigenvalue weighted by Gasteiger charge is -2.27. The number of pyridine rings is 1. The van der Waals surface area contributed by atoms with E-state index in [0.717, 1.165) is 0 Å². The number of rotatable bonds is 3. The van der Waals surface area contributed by atoms with Crippen LogP contribution in [0.15, 0.2) is 34.9 Å². The molecule has 0 spiro atoms. The maximum absolute atomic E-state index is 12.1. The number of anilines is 1. The fourth-order valence-electron chi connectivity index (χ4n) is 2.15. The third-order valence-corrected chi connectivity index (χ3v) is 3.25. The summed E-state index contributed by atoms with van der Waals surface area (Å²) in [5, 5.41) is 0. The standard InChI is InChI=1S/C15H15N3O4/c1-17(2)15(20)12-6-5-10(22-12)8-18-13(19)9-21-11-4-3-7-16-14(11)18/h3-7H,8-9H2,1-2H3. The van der Waals surface area contributed by atoms with Crippen LogP contribution in [-0.4, -0.2) is 42.4 Å². The van der Waals surface area contributed by atoms with E-state index in [1.165, 1.54) is 9.80 Å². The molecule has 0 bridgehead atoms. The van der Waals surface area contributed by atoms with Crippen LogP contribution >= 0.6 is 0 Å². The average molecular weight is 301 g/mol.